The monoisotopic (exact) mass is 427 g/mol. The molecule has 1 fully saturated rings. The Hall–Kier alpha value is -2.69. The van der Waals surface area contributed by atoms with Crippen LogP contribution in [0.4, 0.5) is 4.79 Å². The largest absolute Gasteiger partial charge is 0.490 e. The summed E-state index contributed by atoms with van der Waals surface area (Å²) in [6.45, 7) is 0.151. The third kappa shape index (κ3) is 3.43. The molecule has 1 unspecified atom stereocenters. The van der Waals surface area contributed by atoms with Crippen molar-refractivity contribution in [3.63, 3.8) is 0 Å². The number of amides is 1. The number of hydrogen-bond acceptors (Lipinski definition) is 3. The Labute approximate surface area is 179 Å². The van der Waals surface area contributed by atoms with Crippen molar-refractivity contribution in [1.82, 2.24) is 4.90 Å². The second kappa shape index (κ2) is 7.97. The van der Waals surface area contributed by atoms with E-state index in [1.54, 1.807) is 30.1 Å². The van der Waals surface area contributed by atoms with Crippen molar-refractivity contribution >= 4 is 29.3 Å². The quantitative estimate of drug-likeness (QED) is 0.518. The minimum atomic E-state index is -0.824. The molecule has 1 heterocycles. The van der Waals surface area contributed by atoms with Gasteiger partial charge >= 0.3 is 6.09 Å². The fourth-order valence-corrected chi connectivity index (χ4v) is 4.14. The van der Waals surface area contributed by atoms with Crippen molar-refractivity contribution < 1.29 is 14.3 Å². The average molecular weight is 428 g/mol. The fraction of sp³-hybridized carbons (Fsp3) is 0.174. The summed E-state index contributed by atoms with van der Waals surface area (Å²) in [6.07, 6.45) is -0.973. The lowest BCUT2D eigenvalue weighted by molar-refractivity contribution is 0.0705. The van der Waals surface area contributed by atoms with Gasteiger partial charge in [0.1, 0.15) is 17.9 Å². The molecule has 29 heavy (non-hydrogen) atoms. The van der Waals surface area contributed by atoms with Gasteiger partial charge in [-0.1, -0.05) is 83.9 Å². The SMILES string of the molecule is CN1C(=O)OC(COc2ccc(Cl)c(Cl)c2)C1(c1ccccc1)c1ccccc1. The summed E-state index contributed by atoms with van der Waals surface area (Å²) >= 11 is 12.1. The number of rotatable bonds is 5. The second-order valence-corrected chi connectivity index (χ2v) is 7.63. The van der Waals surface area contributed by atoms with Gasteiger partial charge in [0.05, 0.1) is 10.0 Å². The van der Waals surface area contributed by atoms with Crippen LogP contribution >= 0.6 is 23.2 Å². The number of halogens is 2. The average Bonchev–Trinajstić information content (AvgIpc) is 3.01. The zero-order chi connectivity index (χ0) is 20.4. The van der Waals surface area contributed by atoms with E-state index in [-0.39, 0.29) is 6.61 Å². The molecule has 0 N–H and O–H groups in total. The molecule has 0 aromatic heterocycles. The van der Waals surface area contributed by atoms with Crippen molar-refractivity contribution in [2.75, 3.05) is 13.7 Å². The lowest BCUT2D eigenvalue weighted by atomic mass is 9.78. The van der Waals surface area contributed by atoms with Crippen LogP contribution in [0.25, 0.3) is 0 Å². The number of benzene rings is 3. The maximum absolute atomic E-state index is 12.7. The van der Waals surface area contributed by atoms with Crippen LogP contribution in [0, 0.1) is 0 Å². The van der Waals surface area contributed by atoms with Crippen LogP contribution < -0.4 is 4.74 Å². The maximum Gasteiger partial charge on any atom is 0.411 e. The first-order chi connectivity index (χ1) is 14.0. The van der Waals surface area contributed by atoms with E-state index < -0.39 is 17.7 Å². The molecule has 148 valence electrons. The summed E-state index contributed by atoms with van der Waals surface area (Å²) in [5, 5.41) is 0.857. The first-order valence-corrected chi connectivity index (χ1v) is 9.92. The first kappa shape index (κ1) is 19.6. The van der Waals surface area contributed by atoms with Crippen LogP contribution in [0.1, 0.15) is 11.1 Å². The highest BCUT2D eigenvalue weighted by atomic mass is 35.5. The lowest BCUT2D eigenvalue weighted by Gasteiger charge is -2.38. The van der Waals surface area contributed by atoms with Crippen LogP contribution in [0.2, 0.25) is 10.0 Å². The zero-order valence-corrected chi connectivity index (χ0v) is 17.2. The molecule has 0 bridgehead atoms. The molecule has 4 nitrogen and oxygen atoms in total. The van der Waals surface area contributed by atoms with Gasteiger partial charge in [-0.25, -0.2) is 4.79 Å². The third-order valence-corrected chi connectivity index (χ3v) is 5.97. The van der Waals surface area contributed by atoms with Crippen LogP contribution in [0.3, 0.4) is 0 Å². The van der Waals surface area contributed by atoms with E-state index in [0.29, 0.717) is 15.8 Å². The minimum Gasteiger partial charge on any atom is -0.490 e. The van der Waals surface area contributed by atoms with Gasteiger partial charge < -0.3 is 9.47 Å². The van der Waals surface area contributed by atoms with Gasteiger partial charge in [0.2, 0.25) is 0 Å². The Morgan fingerprint density at radius 2 is 1.52 bits per heavy atom. The highest BCUT2D eigenvalue weighted by Crippen LogP contribution is 2.44. The Bertz CT molecular complexity index is 972. The van der Waals surface area contributed by atoms with Crippen molar-refractivity contribution in [3.8, 4) is 5.75 Å². The predicted molar refractivity (Wildman–Crippen MR) is 114 cm³/mol. The van der Waals surface area contributed by atoms with Crippen LogP contribution in [0.5, 0.6) is 5.75 Å². The summed E-state index contributed by atoms with van der Waals surface area (Å²) < 4.78 is 11.8. The summed E-state index contributed by atoms with van der Waals surface area (Å²) in [6, 6.07) is 24.8. The normalized spacial score (nSPS) is 17.8. The standard InChI is InChI=1S/C23H19Cl2NO3/c1-26-22(27)29-21(15-28-18-12-13-19(24)20(25)14-18)23(26,16-8-4-2-5-9-16)17-10-6-3-7-11-17/h2-14,21H,15H2,1H3. The Morgan fingerprint density at radius 3 is 2.07 bits per heavy atom. The molecule has 1 aliphatic rings. The molecule has 0 aliphatic carbocycles. The van der Waals surface area contributed by atoms with E-state index in [1.165, 1.54) is 0 Å². The summed E-state index contributed by atoms with van der Waals surface area (Å²) in [4.78, 5) is 14.3. The van der Waals surface area contributed by atoms with Crippen molar-refractivity contribution in [3.05, 3.63) is 100 Å². The number of nitrogens with zero attached hydrogens (tertiary/aromatic N) is 1. The number of hydrogen-bond donors (Lipinski definition) is 0. The third-order valence-electron chi connectivity index (χ3n) is 5.23. The molecule has 0 radical (unpaired) electrons. The van der Waals surface area contributed by atoms with Gasteiger partial charge in [0.15, 0.2) is 6.10 Å². The molecular formula is C23H19Cl2NO3. The Morgan fingerprint density at radius 1 is 0.931 bits per heavy atom. The van der Waals surface area contributed by atoms with Gasteiger partial charge in [-0.05, 0) is 23.3 Å². The van der Waals surface area contributed by atoms with E-state index in [0.717, 1.165) is 11.1 Å². The van der Waals surface area contributed by atoms with Gasteiger partial charge in [-0.3, -0.25) is 4.90 Å². The van der Waals surface area contributed by atoms with Gasteiger partial charge in [0.25, 0.3) is 0 Å². The zero-order valence-electron chi connectivity index (χ0n) is 15.7. The Kier molecular flexibility index (Phi) is 5.39. The molecule has 1 amide bonds. The molecule has 1 saturated heterocycles. The number of carbonyl (C=O) groups excluding carboxylic acids is 1. The van der Waals surface area contributed by atoms with E-state index in [2.05, 4.69) is 0 Å². The van der Waals surface area contributed by atoms with Crippen LogP contribution in [-0.2, 0) is 10.3 Å². The van der Waals surface area contributed by atoms with E-state index >= 15 is 0 Å². The first-order valence-electron chi connectivity index (χ1n) is 9.17. The number of ether oxygens (including phenoxy) is 2. The van der Waals surface area contributed by atoms with Gasteiger partial charge in [-0.15, -0.1) is 0 Å². The molecule has 6 heteroatoms. The number of likely N-dealkylation sites (N-methyl/N-ethyl adjacent to an activating group) is 1. The Balaban J connectivity index is 1.76. The van der Waals surface area contributed by atoms with Crippen molar-refractivity contribution in [2.24, 2.45) is 0 Å². The number of carbonyl (C=O) groups is 1. The topological polar surface area (TPSA) is 38.8 Å². The minimum absolute atomic E-state index is 0.151. The molecule has 0 spiro atoms. The summed E-state index contributed by atoms with van der Waals surface area (Å²) in [5.74, 6) is 0.556. The maximum atomic E-state index is 12.7. The summed E-state index contributed by atoms with van der Waals surface area (Å²) in [7, 11) is 1.75. The smallest absolute Gasteiger partial charge is 0.411 e. The van der Waals surface area contributed by atoms with Crippen molar-refractivity contribution in [1.29, 1.82) is 0 Å². The van der Waals surface area contributed by atoms with Crippen molar-refractivity contribution in [2.45, 2.75) is 11.6 Å². The molecule has 3 aromatic carbocycles. The van der Waals surface area contributed by atoms with Crippen LogP contribution in [0.15, 0.2) is 78.9 Å². The van der Waals surface area contributed by atoms with Gasteiger partial charge in [0, 0.05) is 13.1 Å². The molecule has 0 saturated carbocycles. The fourth-order valence-electron chi connectivity index (χ4n) is 3.85. The molecule has 1 atom stereocenters. The molecule has 3 aromatic rings. The second-order valence-electron chi connectivity index (χ2n) is 6.82. The molecule has 4 rings (SSSR count). The van der Waals surface area contributed by atoms with Gasteiger partial charge in [-0.2, -0.15) is 0 Å². The highest BCUT2D eigenvalue weighted by Gasteiger charge is 2.56. The number of cyclic esters (lactones) is 1. The van der Waals surface area contributed by atoms with E-state index in [4.69, 9.17) is 32.7 Å². The lowest BCUT2D eigenvalue weighted by Crippen LogP contribution is -2.49. The van der Waals surface area contributed by atoms with E-state index in [1.807, 2.05) is 60.7 Å². The highest BCUT2D eigenvalue weighted by molar-refractivity contribution is 6.42. The predicted octanol–water partition coefficient (Wildman–Crippen LogP) is 5.77. The molecule has 1 aliphatic heterocycles. The molecular weight excluding hydrogens is 409 g/mol. The van der Waals surface area contributed by atoms with Crippen LogP contribution in [-0.4, -0.2) is 30.8 Å². The van der Waals surface area contributed by atoms with E-state index in [9.17, 15) is 4.79 Å². The summed E-state index contributed by atoms with van der Waals surface area (Å²) in [5.41, 5.74) is 1.07.